The molecule has 1 rings (SSSR count). The fourth-order valence-electron chi connectivity index (χ4n) is 1.79. The zero-order chi connectivity index (χ0) is 16.0. The van der Waals surface area contributed by atoms with Crippen molar-refractivity contribution in [1.82, 2.24) is 15.5 Å². The summed E-state index contributed by atoms with van der Waals surface area (Å²) in [6.07, 6.45) is 2.04. The molecule has 7 heteroatoms. The Hall–Kier alpha value is -1.79. The molecule has 1 aliphatic carbocycles. The zero-order valence-electron chi connectivity index (χ0n) is 12.9. The van der Waals surface area contributed by atoms with E-state index in [-0.39, 0.29) is 12.5 Å². The molecule has 1 unspecified atom stereocenters. The average molecular weight is 299 g/mol. The van der Waals surface area contributed by atoms with Gasteiger partial charge in [0.05, 0.1) is 0 Å². The first-order valence-electron chi connectivity index (χ1n) is 7.34. The number of hydrogen-bond donors (Lipinski definition) is 3. The fraction of sp³-hybridized carbons (Fsp3) is 0.786. The van der Waals surface area contributed by atoms with Crippen LogP contribution in [0.1, 0.15) is 33.6 Å². The topological polar surface area (TPSA) is 98.7 Å². The minimum atomic E-state index is -1.05. The van der Waals surface area contributed by atoms with Gasteiger partial charge in [0.2, 0.25) is 5.91 Å². The van der Waals surface area contributed by atoms with Crippen molar-refractivity contribution in [1.29, 1.82) is 0 Å². The Kier molecular flexibility index (Phi) is 6.45. The zero-order valence-corrected chi connectivity index (χ0v) is 12.9. The standard InChI is InChI=1S/C14H25N3O4/c1-9(2)6-15-13(20)10(3)16-14(21)17(8-12(18)19)7-11-4-5-11/h9-11H,4-8H2,1-3H3,(H,15,20)(H,16,21)(H,18,19). The number of hydrogen-bond acceptors (Lipinski definition) is 3. The van der Waals surface area contributed by atoms with Crippen LogP contribution in [0.2, 0.25) is 0 Å². The number of carboxylic acids is 1. The minimum Gasteiger partial charge on any atom is -0.480 e. The summed E-state index contributed by atoms with van der Waals surface area (Å²) in [5, 5.41) is 14.1. The Balaban J connectivity index is 2.46. The van der Waals surface area contributed by atoms with Crippen molar-refractivity contribution in [3.05, 3.63) is 0 Å². The van der Waals surface area contributed by atoms with Gasteiger partial charge in [-0.2, -0.15) is 0 Å². The van der Waals surface area contributed by atoms with Crippen LogP contribution in [0, 0.1) is 11.8 Å². The number of urea groups is 1. The van der Waals surface area contributed by atoms with Gasteiger partial charge >= 0.3 is 12.0 Å². The largest absolute Gasteiger partial charge is 0.480 e. The molecule has 120 valence electrons. The summed E-state index contributed by atoms with van der Waals surface area (Å²) in [6.45, 7) is 6.17. The van der Waals surface area contributed by atoms with Crippen LogP contribution in [0.25, 0.3) is 0 Å². The first-order valence-corrected chi connectivity index (χ1v) is 7.34. The third-order valence-electron chi connectivity index (χ3n) is 3.21. The molecule has 7 nitrogen and oxygen atoms in total. The predicted octanol–water partition coefficient (Wildman–Crippen LogP) is 0.653. The number of amides is 3. The van der Waals surface area contributed by atoms with Crippen LogP contribution in [-0.4, -0.2) is 53.6 Å². The first-order chi connectivity index (χ1) is 9.79. The van der Waals surface area contributed by atoms with E-state index in [0.717, 1.165) is 12.8 Å². The lowest BCUT2D eigenvalue weighted by Crippen LogP contribution is -2.51. The highest BCUT2D eigenvalue weighted by Crippen LogP contribution is 2.29. The maximum absolute atomic E-state index is 12.1. The predicted molar refractivity (Wildman–Crippen MR) is 77.8 cm³/mol. The maximum atomic E-state index is 12.1. The molecule has 0 saturated heterocycles. The lowest BCUT2D eigenvalue weighted by molar-refractivity contribution is -0.137. The van der Waals surface area contributed by atoms with Gasteiger partial charge in [-0.25, -0.2) is 4.79 Å². The molecule has 0 aliphatic heterocycles. The second-order valence-electron chi connectivity index (χ2n) is 6.03. The molecule has 1 atom stereocenters. The molecule has 1 saturated carbocycles. The Morgan fingerprint density at radius 3 is 2.33 bits per heavy atom. The van der Waals surface area contributed by atoms with Crippen molar-refractivity contribution in [2.24, 2.45) is 11.8 Å². The summed E-state index contributed by atoms with van der Waals surface area (Å²) in [5.74, 6) is -0.600. The van der Waals surface area contributed by atoms with E-state index >= 15 is 0 Å². The molecular formula is C14H25N3O4. The van der Waals surface area contributed by atoms with Crippen molar-refractivity contribution in [3.8, 4) is 0 Å². The summed E-state index contributed by atoms with van der Waals surface area (Å²) in [7, 11) is 0. The van der Waals surface area contributed by atoms with Gasteiger partial charge in [0.15, 0.2) is 0 Å². The van der Waals surface area contributed by atoms with Crippen LogP contribution in [0.4, 0.5) is 4.79 Å². The second-order valence-corrected chi connectivity index (χ2v) is 6.03. The Morgan fingerprint density at radius 2 is 1.86 bits per heavy atom. The van der Waals surface area contributed by atoms with Crippen molar-refractivity contribution >= 4 is 17.9 Å². The number of aliphatic carboxylic acids is 1. The maximum Gasteiger partial charge on any atom is 0.323 e. The molecule has 0 heterocycles. The van der Waals surface area contributed by atoms with E-state index in [0.29, 0.717) is 24.9 Å². The van der Waals surface area contributed by atoms with Crippen LogP contribution in [-0.2, 0) is 9.59 Å². The lowest BCUT2D eigenvalue weighted by atomic mass is 10.2. The van der Waals surface area contributed by atoms with E-state index in [4.69, 9.17) is 5.11 Å². The molecule has 0 spiro atoms. The van der Waals surface area contributed by atoms with E-state index in [9.17, 15) is 14.4 Å². The monoisotopic (exact) mass is 299 g/mol. The number of carbonyl (C=O) groups is 3. The Bertz CT molecular complexity index is 394. The quantitative estimate of drug-likeness (QED) is 0.613. The molecule has 0 aromatic rings. The highest BCUT2D eigenvalue weighted by Gasteiger charge is 2.29. The molecule has 1 fully saturated rings. The normalized spacial score (nSPS) is 15.4. The van der Waals surface area contributed by atoms with Gasteiger partial charge in [-0.05, 0) is 31.6 Å². The summed E-state index contributed by atoms with van der Waals surface area (Å²) in [6, 6.07) is -1.19. The molecule has 1 aliphatic rings. The van der Waals surface area contributed by atoms with E-state index in [1.807, 2.05) is 13.8 Å². The first kappa shape index (κ1) is 17.3. The second kappa shape index (κ2) is 7.85. The fourth-order valence-corrected chi connectivity index (χ4v) is 1.79. The molecule has 0 radical (unpaired) electrons. The number of nitrogens with one attached hydrogen (secondary N) is 2. The Morgan fingerprint density at radius 1 is 1.24 bits per heavy atom. The van der Waals surface area contributed by atoms with E-state index in [1.165, 1.54) is 4.90 Å². The van der Waals surface area contributed by atoms with Gasteiger partial charge < -0.3 is 20.6 Å². The summed E-state index contributed by atoms with van der Waals surface area (Å²) >= 11 is 0. The van der Waals surface area contributed by atoms with Gasteiger partial charge in [0.25, 0.3) is 0 Å². The number of rotatable bonds is 8. The third-order valence-corrected chi connectivity index (χ3v) is 3.21. The van der Waals surface area contributed by atoms with Crippen LogP contribution in [0.15, 0.2) is 0 Å². The van der Waals surface area contributed by atoms with E-state index < -0.39 is 18.0 Å². The molecule has 0 aromatic carbocycles. The minimum absolute atomic E-state index is 0.265. The van der Waals surface area contributed by atoms with E-state index in [2.05, 4.69) is 10.6 Å². The number of carboxylic acid groups (broad SMARTS) is 1. The number of carbonyl (C=O) groups excluding carboxylic acids is 2. The molecular weight excluding hydrogens is 274 g/mol. The summed E-state index contributed by atoms with van der Waals surface area (Å²) in [4.78, 5) is 35.9. The molecule has 21 heavy (non-hydrogen) atoms. The van der Waals surface area contributed by atoms with Crippen LogP contribution in [0.5, 0.6) is 0 Å². The average Bonchev–Trinajstić information content (AvgIpc) is 3.18. The third kappa shape index (κ3) is 6.97. The van der Waals surface area contributed by atoms with Gasteiger partial charge in [-0.15, -0.1) is 0 Å². The highest BCUT2D eigenvalue weighted by molar-refractivity contribution is 5.87. The summed E-state index contributed by atoms with van der Waals surface area (Å²) < 4.78 is 0. The van der Waals surface area contributed by atoms with Crippen LogP contribution in [0.3, 0.4) is 0 Å². The van der Waals surface area contributed by atoms with Crippen molar-refractivity contribution in [3.63, 3.8) is 0 Å². The smallest absolute Gasteiger partial charge is 0.323 e. The van der Waals surface area contributed by atoms with Crippen LogP contribution < -0.4 is 10.6 Å². The van der Waals surface area contributed by atoms with E-state index in [1.54, 1.807) is 6.92 Å². The molecule has 0 bridgehead atoms. The Labute approximate surface area is 125 Å². The van der Waals surface area contributed by atoms with Crippen molar-refractivity contribution in [2.45, 2.75) is 39.7 Å². The van der Waals surface area contributed by atoms with Crippen molar-refractivity contribution in [2.75, 3.05) is 19.6 Å². The lowest BCUT2D eigenvalue weighted by Gasteiger charge is -2.23. The van der Waals surface area contributed by atoms with Gasteiger partial charge in [0, 0.05) is 13.1 Å². The molecule has 3 amide bonds. The van der Waals surface area contributed by atoms with Gasteiger partial charge in [0.1, 0.15) is 12.6 Å². The molecule has 0 aromatic heterocycles. The van der Waals surface area contributed by atoms with Gasteiger partial charge in [-0.1, -0.05) is 13.8 Å². The highest BCUT2D eigenvalue weighted by atomic mass is 16.4. The van der Waals surface area contributed by atoms with Crippen LogP contribution >= 0.6 is 0 Å². The SMILES string of the molecule is CC(C)CNC(=O)C(C)NC(=O)N(CC(=O)O)CC1CC1. The van der Waals surface area contributed by atoms with Gasteiger partial charge in [-0.3, -0.25) is 9.59 Å². The van der Waals surface area contributed by atoms with Crippen molar-refractivity contribution < 1.29 is 19.5 Å². The molecule has 3 N–H and O–H groups in total. The number of nitrogens with zero attached hydrogens (tertiary/aromatic N) is 1. The summed E-state index contributed by atoms with van der Waals surface area (Å²) in [5.41, 5.74) is 0.